The molecule has 1 unspecified atom stereocenters. The van der Waals surface area contributed by atoms with Gasteiger partial charge in [0.25, 0.3) is 0 Å². The van der Waals surface area contributed by atoms with Crippen LogP contribution >= 0.6 is 0 Å². The van der Waals surface area contributed by atoms with Crippen LogP contribution in [0.4, 0.5) is 0 Å². The maximum Gasteiger partial charge on any atom is 0.314 e. The van der Waals surface area contributed by atoms with Crippen molar-refractivity contribution in [3.05, 3.63) is 53.9 Å². The number of aromatic nitrogens is 2. The van der Waals surface area contributed by atoms with E-state index in [0.29, 0.717) is 12.8 Å². The van der Waals surface area contributed by atoms with E-state index in [9.17, 15) is 9.90 Å². The van der Waals surface area contributed by atoms with Crippen LogP contribution in [-0.4, -0.2) is 20.9 Å². The summed E-state index contributed by atoms with van der Waals surface area (Å²) < 4.78 is 1.70. The Balaban J connectivity index is 2.43. The molecule has 4 nitrogen and oxygen atoms in total. The molecule has 0 fully saturated rings. The molecule has 0 aliphatic heterocycles. The molecule has 0 aliphatic rings. The van der Waals surface area contributed by atoms with E-state index in [1.165, 1.54) is 0 Å². The second-order valence-electron chi connectivity index (χ2n) is 4.76. The number of carboxylic acid groups (broad SMARTS) is 1. The van der Waals surface area contributed by atoms with Gasteiger partial charge in [0.15, 0.2) is 0 Å². The zero-order valence-electron chi connectivity index (χ0n) is 11.2. The number of carbonyl (C=O) groups is 1. The minimum absolute atomic E-state index is 0.406. The van der Waals surface area contributed by atoms with Crippen molar-refractivity contribution in [3.8, 4) is 0 Å². The zero-order valence-corrected chi connectivity index (χ0v) is 11.2. The van der Waals surface area contributed by atoms with E-state index in [2.05, 4.69) is 5.10 Å². The summed E-state index contributed by atoms with van der Waals surface area (Å²) in [6.07, 6.45) is 2.77. The van der Waals surface area contributed by atoms with Gasteiger partial charge in [-0.2, -0.15) is 5.10 Å². The van der Waals surface area contributed by atoms with Gasteiger partial charge in [-0.05, 0) is 18.1 Å². The van der Waals surface area contributed by atoms with E-state index >= 15 is 0 Å². The van der Waals surface area contributed by atoms with E-state index in [-0.39, 0.29) is 0 Å². The van der Waals surface area contributed by atoms with Crippen LogP contribution in [0.3, 0.4) is 0 Å². The van der Waals surface area contributed by atoms with E-state index < -0.39 is 11.4 Å². The lowest BCUT2D eigenvalue weighted by Gasteiger charge is -2.28. The molecule has 1 heterocycles. The largest absolute Gasteiger partial charge is 0.481 e. The van der Waals surface area contributed by atoms with Gasteiger partial charge in [-0.15, -0.1) is 0 Å². The average molecular weight is 258 g/mol. The quantitative estimate of drug-likeness (QED) is 0.896. The van der Waals surface area contributed by atoms with Crippen molar-refractivity contribution in [1.82, 2.24) is 9.78 Å². The smallest absolute Gasteiger partial charge is 0.314 e. The van der Waals surface area contributed by atoms with E-state index in [0.717, 1.165) is 11.3 Å². The summed E-state index contributed by atoms with van der Waals surface area (Å²) in [4.78, 5) is 11.8. The molecule has 0 bridgehead atoms. The molecule has 100 valence electrons. The van der Waals surface area contributed by atoms with Crippen molar-refractivity contribution >= 4 is 5.97 Å². The zero-order chi connectivity index (χ0) is 13.9. The molecule has 0 saturated heterocycles. The molecule has 0 aliphatic carbocycles. The summed E-state index contributed by atoms with van der Waals surface area (Å²) in [6, 6.07) is 11.3. The third kappa shape index (κ3) is 2.52. The van der Waals surface area contributed by atoms with E-state index in [4.69, 9.17) is 0 Å². The molecule has 0 saturated carbocycles. The summed E-state index contributed by atoms with van der Waals surface area (Å²) in [6.45, 7) is 1.91. The lowest BCUT2D eigenvalue weighted by atomic mass is 9.74. The third-order valence-electron chi connectivity index (χ3n) is 3.59. The highest BCUT2D eigenvalue weighted by atomic mass is 16.4. The highest BCUT2D eigenvalue weighted by molar-refractivity contribution is 5.81. The van der Waals surface area contributed by atoms with Crippen LogP contribution in [0.2, 0.25) is 0 Å². The first kappa shape index (κ1) is 13.3. The lowest BCUT2D eigenvalue weighted by molar-refractivity contribution is -0.144. The summed E-state index contributed by atoms with van der Waals surface area (Å²) in [5, 5.41) is 14.0. The molecule has 1 N–H and O–H groups in total. The topological polar surface area (TPSA) is 55.1 Å². The molecular formula is C15H18N2O2. The Hall–Kier alpha value is -2.10. The summed E-state index contributed by atoms with van der Waals surface area (Å²) in [7, 11) is 1.83. The molecule has 1 aromatic heterocycles. The predicted octanol–water partition coefficient (Wildman–Crippen LogP) is 2.40. The molecule has 0 spiro atoms. The number of benzene rings is 1. The number of nitrogens with zero attached hydrogens (tertiary/aromatic N) is 2. The highest BCUT2D eigenvalue weighted by Crippen LogP contribution is 2.32. The minimum Gasteiger partial charge on any atom is -0.481 e. The second-order valence-corrected chi connectivity index (χ2v) is 4.76. The fraction of sp³-hybridized carbons (Fsp3) is 0.333. The molecule has 19 heavy (non-hydrogen) atoms. The van der Waals surface area contributed by atoms with Crippen LogP contribution in [0.25, 0.3) is 0 Å². The Bertz CT molecular complexity index is 563. The molecule has 1 aromatic carbocycles. The second kappa shape index (κ2) is 5.26. The van der Waals surface area contributed by atoms with Gasteiger partial charge in [0.05, 0.1) is 11.1 Å². The van der Waals surface area contributed by atoms with Crippen molar-refractivity contribution in [2.24, 2.45) is 7.05 Å². The number of aryl methyl sites for hydroxylation is 1. The van der Waals surface area contributed by atoms with Gasteiger partial charge in [-0.1, -0.05) is 37.3 Å². The molecule has 0 radical (unpaired) electrons. The highest BCUT2D eigenvalue weighted by Gasteiger charge is 2.39. The van der Waals surface area contributed by atoms with Gasteiger partial charge < -0.3 is 5.11 Å². The SMILES string of the molecule is CCC(Cc1ccn(C)n1)(C(=O)O)c1ccccc1. The number of hydrogen-bond donors (Lipinski definition) is 1. The van der Waals surface area contributed by atoms with Crippen molar-refractivity contribution in [1.29, 1.82) is 0 Å². The van der Waals surface area contributed by atoms with Gasteiger partial charge in [0.1, 0.15) is 0 Å². The Labute approximate surface area is 112 Å². The van der Waals surface area contributed by atoms with Gasteiger partial charge in [-0.25, -0.2) is 0 Å². The van der Waals surface area contributed by atoms with Crippen LogP contribution in [0.15, 0.2) is 42.6 Å². The fourth-order valence-corrected chi connectivity index (χ4v) is 2.41. The molecule has 2 rings (SSSR count). The van der Waals surface area contributed by atoms with E-state index in [1.807, 2.05) is 56.6 Å². The van der Waals surface area contributed by atoms with Crippen LogP contribution in [0.1, 0.15) is 24.6 Å². The molecule has 1 atom stereocenters. The van der Waals surface area contributed by atoms with Crippen LogP contribution < -0.4 is 0 Å². The van der Waals surface area contributed by atoms with Gasteiger partial charge >= 0.3 is 5.97 Å². The molecule has 0 amide bonds. The normalized spacial score (nSPS) is 14.0. The van der Waals surface area contributed by atoms with Gasteiger partial charge in [-0.3, -0.25) is 9.48 Å². The summed E-state index contributed by atoms with van der Waals surface area (Å²) >= 11 is 0. The van der Waals surface area contributed by atoms with Crippen molar-refractivity contribution in [3.63, 3.8) is 0 Å². The fourth-order valence-electron chi connectivity index (χ4n) is 2.41. The Morgan fingerprint density at radius 2 is 2.00 bits per heavy atom. The minimum atomic E-state index is -0.907. The van der Waals surface area contributed by atoms with Crippen molar-refractivity contribution in [2.75, 3.05) is 0 Å². The van der Waals surface area contributed by atoms with E-state index in [1.54, 1.807) is 4.68 Å². The van der Waals surface area contributed by atoms with Gasteiger partial charge in [0, 0.05) is 19.7 Å². The average Bonchev–Trinajstić information content (AvgIpc) is 2.82. The van der Waals surface area contributed by atoms with Crippen LogP contribution in [-0.2, 0) is 23.7 Å². The number of aliphatic carboxylic acids is 1. The first-order valence-electron chi connectivity index (χ1n) is 6.36. The number of rotatable bonds is 5. The first-order valence-corrected chi connectivity index (χ1v) is 6.36. The molecular weight excluding hydrogens is 240 g/mol. The maximum absolute atomic E-state index is 11.8. The Kier molecular flexibility index (Phi) is 3.69. The standard InChI is InChI=1S/C15H18N2O2/c1-3-15(14(18)19,12-7-5-4-6-8-12)11-13-9-10-17(2)16-13/h4-10H,3,11H2,1-2H3,(H,18,19). The van der Waals surface area contributed by atoms with Crippen LogP contribution in [0.5, 0.6) is 0 Å². The molecule has 4 heteroatoms. The molecule has 2 aromatic rings. The first-order chi connectivity index (χ1) is 9.08. The monoisotopic (exact) mass is 258 g/mol. The van der Waals surface area contributed by atoms with Crippen LogP contribution in [0, 0.1) is 0 Å². The summed E-state index contributed by atoms with van der Waals surface area (Å²) in [5.41, 5.74) is 0.724. The summed E-state index contributed by atoms with van der Waals surface area (Å²) in [5.74, 6) is -0.799. The predicted molar refractivity (Wildman–Crippen MR) is 73.0 cm³/mol. The number of carboxylic acids is 1. The van der Waals surface area contributed by atoms with Crippen molar-refractivity contribution in [2.45, 2.75) is 25.2 Å². The maximum atomic E-state index is 11.8. The number of hydrogen-bond acceptors (Lipinski definition) is 2. The third-order valence-corrected chi connectivity index (χ3v) is 3.59. The Morgan fingerprint density at radius 3 is 2.47 bits per heavy atom. The van der Waals surface area contributed by atoms with Gasteiger partial charge in [0.2, 0.25) is 0 Å². The Morgan fingerprint density at radius 1 is 1.32 bits per heavy atom. The lowest BCUT2D eigenvalue weighted by Crippen LogP contribution is -2.37. The van der Waals surface area contributed by atoms with Crippen molar-refractivity contribution < 1.29 is 9.90 Å².